The van der Waals surface area contributed by atoms with Gasteiger partial charge in [-0.05, 0) is 49.5 Å². The first-order valence-corrected chi connectivity index (χ1v) is 10.0. The van der Waals surface area contributed by atoms with E-state index in [-0.39, 0.29) is 5.91 Å². The Hall–Kier alpha value is -2.24. The van der Waals surface area contributed by atoms with Crippen molar-refractivity contribution in [3.63, 3.8) is 0 Å². The normalized spacial score (nSPS) is 14.8. The van der Waals surface area contributed by atoms with Gasteiger partial charge in [-0.25, -0.2) is 4.98 Å². The summed E-state index contributed by atoms with van der Waals surface area (Å²) in [4.78, 5) is 23.3. The molecule has 134 valence electrons. The highest BCUT2D eigenvalue weighted by molar-refractivity contribution is 7.13. The second-order valence-electron chi connectivity index (χ2n) is 6.82. The van der Waals surface area contributed by atoms with E-state index < -0.39 is 0 Å². The van der Waals surface area contributed by atoms with Gasteiger partial charge in [0, 0.05) is 25.5 Å². The van der Waals surface area contributed by atoms with Crippen LogP contribution < -0.4 is 0 Å². The van der Waals surface area contributed by atoms with E-state index in [0.29, 0.717) is 0 Å². The molecule has 2 aromatic heterocycles. The van der Waals surface area contributed by atoms with Crippen LogP contribution in [0.4, 0.5) is 0 Å². The summed E-state index contributed by atoms with van der Waals surface area (Å²) in [6.07, 6.45) is 2.55. The maximum absolute atomic E-state index is 13.2. The Bertz CT molecular complexity index is 901. The number of benzene rings is 1. The Morgan fingerprint density at radius 1 is 1.19 bits per heavy atom. The summed E-state index contributed by atoms with van der Waals surface area (Å²) in [7, 11) is 1.90. The van der Waals surface area contributed by atoms with Gasteiger partial charge in [-0.2, -0.15) is 0 Å². The number of amides is 1. The van der Waals surface area contributed by atoms with E-state index in [4.69, 9.17) is 4.98 Å². The second-order valence-corrected chi connectivity index (χ2v) is 7.77. The van der Waals surface area contributed by atoms with Gasteiger partial charge in [-0.15, -0.1) is 11.3 Å². The molecule has 5 heteroatoms. The van der Waals surface area contributed by atoms with Crippen molar-refractivity contribution in [2.45, 2.75) is 12.8 Å². The third-order valence-corrected chi connectivity index (χ3v) is 5.91. The Labute approximate surface area is 158 Å². The molecule has 4 rings (SSSR count). The van der Waals surface area contributed by atoms with E-state index in [2.05, 4.69) is 4.90 Å². The molecular formula is C21H23N3OS. The first-order chi connectivity index (χ1) is 12.7. The first-order valence-electron chi connectivity index (χ1n) is 9.14. The van der Waals surface area contributed by atoms with Gasteiger partial charge in [0.2, 0.25) is 0 Å². The number of hydrogen-bond donors (Lipinski definition) is 0. The van der Waals surface area contributed by atoms with Crippen LogP contribution in [0.1, 0.15) is 23.2 Å². The first kappa shape index (κ1) is 17.2. The monoisotopic (exact) mass is 365 g/mol. The molecule has 1 fully saturated rings. The van der Waals surface area contributed by atoms with Crippen molar-refractivity contribution >= 4 is 28.1 Å². The number of aromatic nitrogens is 1. The molecule has 3 heterocycles. The van der Waals surface area contributed by atoms with Crippen LogP contribution in [0.5, 0.6) is 0 Å². The number of thiophene rings is 1. The van der Waals surface area contributed by atoms with Crippen LogP contribution in [0.3, 0.4) is 0 Å². The van der Waals surface area contributed by atoms with Crippen molar-refractivity contribution in [1.29, 1.82) is 0 Å². The molecule has 1 aliphatic heterocycles. The van der Waals surface area contributed by atoms with Gasteiger partial charge in [0.05, 0.1) is 21.7 Å². The smallest absolute Gasteiger partial charge is 0.254 e. The van der Waals surface area contributed by atoms with Crippen LogP contribution >= 0.6 is 11.3 Å². The van der Waals surface area contributed by atoms with Gasteiger partial charge in [0.1, 0.15) is 0 Å². The molecule has 0 spiro atoms. The number of likely N-dealkylation sites (N-methyl/N-ethyl adjacent to an activating group) is 1. The third kappa shape index (κ3) is 3.50. The molecule has 0 radical (unpaired) electrons. The van der Waals surface area contributed by atoms with Crippen molar-refractivity contribution in [2.75, 3.05) is 33.2 Å². The number of carbonyl (C=O) groups excluding carboxylic acids is 1. The highest BCUT2D eigenvalue weighted by Gasteiger charge is 2.19. The molecule has 0 N–H and O–H groups in total. The summed E-state index contributed by atoms with van der Waals surface area (Å²) in [6, 6.07) is 13.9. The van der Waals surface area contributed by atoms with Crippen molar-refractivity contribution in [1.82, 2.24) is 14.8 Å². The molecule has 1 amide bonds. The quantitative estimate of drug-likeness (QED) is 0.682. The fraction of sp³-hybridized carbons (Fsp3) is 0.333. The summed E-state index contributed by atoms with van der Waals surface area (Å²) in [5.74, 6) is 0.0700. The van der Waals surface area contributed by atoms with Crippen molar-refractivity contribution in [2.24, 2.45) is 0 Å². The lowest BCUT2D eigenvalue weighted by molar-refractivity contribution is 0.0784. The van der Waals surface area contributed by atoms with Crippen LogP contribution in [-0.2, 0) is 0 Å². The molecule has 0 saturated carbocycles. The average molecular weight is 366 g/mol. The molecule has 1 aromatic carbocycles. The van der Waals surface area contributed by atoms with Gasteiger partial charge in [-0.1, -0.05) is 24.3 Å². The number of para-hydroxylation sites is 1. The fourth-order valence-electron chi connectivity index (χ4n) is 3.51. The van der Waals surface area contributed by atoms with E-state index in [0.717, 1.165) is 53.2 Å². The minimum Gasteiger partial charge on any atom is -0.340 e. The van der Waals surface area contributed by atoms with E-state index >= 15 is 0 Å². The molecule has 1 saturated heterocycles. The fourth-order valence-corrected chi connectivity index (χ4v) is 4.19. The number of likely N-dealkylation sites (tertiary alicyclic amines) is 1. The average Bonchev–Trinajstić information content (AvgIpc) is 3.38. The molecular weight excluding hydrogens is 342 g/mol. The standard InChI is InChI=1S/C21H23N3OS/c1-23(12-13-24-10-4-5-11-24)21(25)17-15-19(20-9-6-14-26-20)22-18-8-3-2-7-16(17)18/h2-3,6-9,14-15H,4-5,10-13H2,1H3. The molecule has 0 unspecified atom stereocenters. The van der Waals surface area contributed by atoms with E-state index in [1.165, 1.54) is 12.8 Å². The van der Waals surface area contributed by atoms with Crippen molar-refractivity contribution in [3.8, 4) is 10.6 Å². The third-order valence-electron chi connectivity index (χ3n) is 5.02. The molecule has 0 atom stereocenters. The molecule has 26 heavy (non-hydrogen) atoms. The number of fused-ring (bicyclic) bond motifs is 1. The van der Waals surface area contributed by atoms with Crippen molar-refractivity contribution < 1.29 is 4.79 Å². The Morgan fingerprint density at radius 3 is 2.77 bits per heavy atom. The van der Waals surface area contributed by atoms with E-state index in [1.54, 1.807) is 11.3 Å². The Balaban J connectivity index is 1.64. The van der Waals surface area contributed by atoms with E-state index in [9.17, 15) is 4.79 Å². The van der Waals surface area contributed by atoms with Crippen molar-refractivity contribution in [3.05, 3.63) is 53.4 Å². The lowest BCUT2D eigenvalue weighted by Crippen LogP contribution is -2.35. The molecule has 4 nitrogen and oxygen atoms in total. The highest BCUT2D eigenvalue weighted by Crippen LogP contribution is 2.28. The zero-order chi connectivity index (χ0) is 17.9. The largest absolute Gasteiger partial charge is 0.340 e. The Kier molecular flexibility index (Phi) is 5.00. The number of pyridine rings is 1. The maximum Gasteiger partial charge on any atom is 0.254 e. The summed E-state index contributed by atoms with van der Waals surface area (Å²) >= 11 is 1.65. The number of hydrogen-bond acceptors (Lipinski definition) is 4. The van der Waals surface area contributed by atoms with Crippen LogP contribution in [0, 0.1) is 0 Å². The number of nitrogens with zero attached hydrogens (tertiary/aromatic N) is 3. The summed E-state index contributed by atoms with van der Waals surface area (Å²) in [5.41, 5.74) is 2.48. The predicted molar refractivity (Wildman–Crippen MR) is 108 cm³/mol. The van der Waals surface area contributed by atoms with Crippen LogP contribution in [-0.4, -0.2) is 53.9 Å². The van der Waals surface area contributed by atoms with Crippen LogP contribution in [0.15, 0.2) is 47.8 Å². The molecule has 0 aliphatic carbocycles. The zero-order valence-electron chi connectivity index (χ0n) is 15.0. The topological polar surface area (TPSA) is 36.4 Å². The summed E-state index contributed by atoms with van der Waals surface area (Å²) in [6.45, 7) is 4.01. The lowest BCUT2D eigenvalue weighted by atomic mass is 10.1. The van der Waals surface area contributed by atoms with Crippen LogP contribution in [0.25, 0.3) is 21.5 Å². The highest BCUT2D eigenvalue weighted by atomic mass is 32.1. The zero-order valence-corrected chi connectivity index (χ0v) is 15.8. The number of rotatable bonds is 5. The summed E-state index contributed by atoms with van der Waals surface area (Å²) < 4.78 is 0. The van der Waals surface area contributed by atoms with Gasteiger partial charge in [-0.3, -0.25) is 4.79 Å². The Morgan fingerprint density at radius 2 is 2.00 bits per heavy atom. The minimum atomic E-state index is 0.0700. The molecule has 1 aliphatic rings. The second kappa shape index (κ2) is 7.56. The van der Waals surface area contributed by atoms with E-state index in [1.807, 2.05) is 59.8 Å². The van der Waals surface area contributed by atoms with Crippen LogP contribution in [0.2, 0.25) is 0 Å². The van der Waals surface area contributed by atoms with Gasteiger partial charge in [0.15, 0.2) is 0 Å². The number of carbonyl (C=O) groups is 1. The summed E-state index contributed by atoms with van der Waals surface area (Å²) in [5, 5.41) is 2.96. The molecule has 3 aromatic rings. The minimum absolute atomic E-state index is 0.0700. The maximum atomic E-state index is 13.2. The van der Waals surface area contributed by atoms with Gasteiger partial charge >= 0.3 is 0 Å². The lowest BCUT2D eigenvalue weighted by Gasteiger charge is -2.22. The van der Waals surface area contributed by atoms with Gasteiger partial charge < -0.3 is 9.80 Å². The SMILES string of the molecule is CN(CCN1CCCC1)C(=O)c1cc(-c2cccs2)nc2ccccc12. The molecule has 0 bridgehead atoms. The van der Waals surface area contributed by atoms with Gasteiger partial charge in [0.25, 0.3) is 5.91 Å². The predicted octanol–water partition coefficient (Wildman–Crippen LogP) is 4.13.